The fraction of sp³-hybridized carbons (Fsp3) is 0.385. The number of hydrogen-bond donors (Lipinski definition) is 1. The van der Waals surface area contributed by atoms with Crippen molar-refractivity contribution in [3.63, 3.8) is 0 Å². The summed E-state index contributed by atoms with van der Waals surface area (Å²) in [6.45, 7) is 0.859. The highest BCUT2D eigenvalue weighted by molar-refractivity contribution is 5.51. The number of rotatable bonds is 4. The van der Waals surface area contributed by atoms with E-state index in [0.29, 0.717) is 11.4 Å². The first-order chi connectivity index (χ1) is 7.90. The van der Waals surface area contributed by atoms with Crippen LogP contribution in [0.4, 0.5) is 5.82 Å². The second-order valence-corrected chi connectivity index (χ2v) is 3.94. The van der Waals surface area contributed by atoms with E-state index in [0.717, 1.165) is 13.0 Å². The highest BCUT2D eigenvalue weighted by Gasteiger charge is 2.05. The van der Waals surface area contributed by atoms with E-state index in [1.807, 2.05) is 0 Å². The van der Waals surface area contributed by atoms with Gasteiger partial charge in [0.25, 0.3) is 0 Å². The van der Waals surface area contributed by atoms with Gasteiger partial charge in [0.05, 0.1) is 5.56 Å². The van der Waals surface area contributed by atoms with Crippen LogP contribution in [0.1, 0.15) is 31.2 Å². The van der Waals surface area contributed by atoms with Crippen LogP contribution in [-0.4, -0.2) is 11.5 Å². The molecule has 1 aromatic heterocycles. The predicted octanol–water partition coefficient (Wildman–Crippen LogP) is 2.87. The molecule has 0 aromatic carbocycles. The lowest BCUT2D eigenvalue weighted by Crippen LogP contribution is -2.05. The number of pyridine rings is 1. The van der Waals surface area contributed by atoms with E-state index in [-0.39, 0.29) is 0 Å². The van der Waals surface area contributed by atoms with Crippen LogP contribution >= 0.6 is 0 Å². The molecule has 82 valence electrons. The molecule has 1 aliphatic rings. The zero-order chi connectivity index (χ0) is 11.2. The summed E-state index contributed by atoms with van der Waals surface area (Å²) in [5.74, 6) is 0.698. The van der Waals surface area contributed by atoms with Gasteiger partial charge in [0.15, 0.2) is 0 Å². The number of aromatic nitrogens is 1. The molecule has 0 atom stereocenters. The summed E-state index contributed by atoms with van der Waals surface area (Å²) in [4.78, 5) is 4.16. The average Bonchev–Trinajstić information content (AvgIpc) is 2.83. The lowest BCUT2D eigenvalue weighted by Gasteiger charge is -2.07. The van der Waals surface area contributed by atoms with E-state index >= 15 is 0 Å². The summed E-state index contributed by atoms with van der Waals surface area (Å²) in [6.07, 6.45) is 8.84. The van der Waals surface area contributed by atoms with Crippen molar-refractivity contribution in [3.8, 4) is 6.07 Å². The Kier molecular flexibility index (Phi) is 3.55. The minimum absolute atomic E-state index is 0.614. The first-order valence-corrected chi connectivity index (χ1v) is 5.67. The van der Waals surface area contributed by atoms with Gasteiger partial charge in [-0.1, -0.05) is 11.6 Å². The zero-order valence-electron chi connectivity index (χ0n) is 9.24. The van der Waals surface area contributed by atoms with Crippen molar-refractivity contribution in [2.75, 3.05) is 11.9 Å². The van der Waals surface area contributed by atoms with Crippen molar-refractivity contribution in [1.82, 2.24) is 4.98 Å². The highest BCUT2D eigenvalue weighted by atomic mass is 15.0. The van der Waals surface area contributed by atoms with Crippen LogP contribution in [0.15, 0.2) is 30.0 Å². The Morgan fingerprint density at radius 2 is 2.44 bits per heavy atom. The quantitative estimate of drug-likeness (QED) is 0.782. The molecule has 0 unspecified atom stereocenters. The van der Waals surface area contributed by atoms with Crippen molar-refractivity contribution in [3.05, 3.63) is 35.5 Å². The maximum atomic E-state index is 8.89. The largest absolute Gasteiger partial charge is 0.369 e. The Hall–Kier alpha value is -1.82. The molecular weight excluding hydrogens is 198 g/mol. The molecule has 16 heavy (non-hydrogen) atoms. The van der Waals surface area contributed by atoms with Gasteiger partial charge in [-0.15, -0.1) is 0 Å². The summed E-state index contributed by atoms with van der Waals surface area (Å²) in [5.41, 5.74) is 2.14. The lowest BCUT2D eigenvalue weighted by molar-refractivity contribution is 0.862. The van der Waals surface area contributed by atoms with Crippen LogP contribution in [0.2, 0.25) is 0 Å². The van der Waals surface area contributed by atoms with Gasteiger partial charge in [-0.3, -0.25) is 0 Å². The van der Waals surface area contributed by atoms with E-state index in [4.69, 9.17) is 5.26 Å². The molecule has 1 aliphatic carbocycles. The molecule has 1 N–H and O–H groups in total. The van der Waals surface area contributed by atoms with Gasteiger partial charge >= 0.3 is 0 Å². The smallest absolute Gasteiger partial charge is 0.143 e. The van der Waals surface area contributed by atoms with Gasteiger partial charge in [-0.05, 0) is 37.8 Å². The van der Waals surface area contributed by atoms with Crippen molar-refractivity contribution < 1.29 is 0 Å². The molecule has 0 saturated carbocycles. The maximum absolute atomic E-state index is 8.89. The number of nitrogens with one attached hydrogen (secondary N) is 1. The molecule has 0 aliphatic heterocycles. The third-order valence-electron chi connectivity index (χ3n) is 2.80. The predicted molar refractivity (Wildman–Crippen MR) is 64.0 cm³/mol. The summed E-state index contributed by atoms with van der Waals surface area (Å²) in [6, 6.07) is 5.70. The van der Waals surface area contributed by atoms with Crippen molar-refractivity contribution >= 4 is 5.82 Å². The first kappa shape index (κ1) is 10.7. The Balaban J connectivity index is 1.87. The van der Waals surface area contributed by atoms with Crippen molar-refractivity contribution in [2.24, 2.45) is 0 Å². The fourth-order valence-corrected chi connectivity index (χ4v) is 1.94. The molecule has 0 saturated heterocycles. The molecule has 3 nitrogen and oxygen atoms in total. The third kappa shape index (κ3) is 2.60. The standard InChI is InChI=1S/C13H15N3/c14-10-12-6-3-8-15-13(12)16-9-7-11-4-1-2-5-11/h3-4,6,8H,1-2,5,7,9H2,(H,15,16). The van der Waals surface area contributed by atoms with Gasteiger partial charge in [0.1, 0.15) is 11.9 Å². The summed E-state index contributed by atoms with van der Waals surface area (Å²) >= 11 is 0. The average molecular weight is 213 g/mol. The second kappa shape index (κ2) is 5.32. The summed E-state index contributed by atoms with van der Waals surface area (Å²) in [7, 11) is 0. The molecule has 0 radical (unpaired) electrons. The van der Waals surface area contributed by atoms with E-state index < -0.39 is 0 Å². The molecule has 3 heteroatoms. The van der Waals surface area contributed by atoms with Crippen LogP contribution in [0.3, 0.4) is 0 Å². The lowest BCUT2D eigenvalue weighted by atomic mass is 10.1. The van der Waals surface area contributed by atoms with Crippen molar-refractivity contribution in [2.45, 2.75) is 25.7 Å². The number of nitriles is 1. The second-order valence-electron chi connectivity index (χ2n) is 3.94. The van der Waals surface area contributed by atoms with Gasteiger partial charge < -0.3 is 5.32 Å². The van der Waals surface area contributed by atoms with E-state index in [9.17, 15) is 0 Å². The van der Waals surface area contributed by atoms with E-state index in [1.54, 1.807) is 18.3 Å². The van der Waals surface area contributed by atoms with Crippen LogP contribution < -0.4 is 5.32 Å². The Bertz CT molecular complexity index is 429. The van der Waals surface area contributed by atoms with Gasteiger partial charge in [0, 0.05) is 12.7 Å². The Morgan fingerprint density at radius 3 is 3.19 bits per heavy atom. The van der Waals surface area contributed by atoms with Crippen LogP contribution in [0.25, 0.3) is 0 Å². The Morgan fingerprint density at radius 1 is 1.50 bits per heavy atom. The summed E-state index contributed by atoms with van der Waals surface area (Å²) < 4.78 is 0. The molecule has 1 heterocycles. The minimum atomic E-state index is 0.614. The van der Waals surface area contributed by atoms with Crippen LogP contribution in [0.5, 0.6) is 0 Å². The number of anilines is 1. The number of hydrogen-bond acceptors (Lipinski definition) is 3. The van der Waals surface area contributed by atoms with Crippen LogP contribution in [-0.2, 0) is 0 Å². The number of allylic oxidation sites excluding steroid dienone is 1. The topological polar surface area (TPSA) is 48.7 Å². The molecule has 0 amide bonds. The fourth-order valence-electron chi connectivity index (χ4n) is 1.94. The highest BCUT2D eigenvalue weighted by Crippen LogP contribution is 2.20. The monoisotopic (exact) mass is 213 g/mol. The molecular formula is C13H15N3. The van der Waals surface area contributed by atoms with Crippen molar-refractivity contribution in [1.29, 1.82) is 5.26 Å². The number of nitrogens with zero attached hydrogens (tertiary/aromatic N) is 2. The Labute approximate surface area is 95.8 Å². The summed E-state index contributed by atoms with van der Waals surface area (Å²) in [5, 5.41) is 12.1. The van der Waals surface area contributed by atoms with E-state index in [2.05, 4.69) is 22.4 Å². The van der Waals surface area contributed by atoms with Crippen LogP contribution in [0, 0.1) is 11.3 Å². The van der Waals surface area contributed by atoms with E-state index in [1.165, 1.54) is 24.8 Å². The molecule has 1 aromatic rings. The van der Waals surface area contributed by atoms with Gasteiger partial charge in [-0.25, -0.2) is 4.98 Å². The van der Waals surface area contributed by atoms with Gasteiger partial charge in [-0.2, -0.15) is 5.26 Å². The third-order valence-corrected chi connectivity index (χ3v) is 2.80. The molecule has 0 spiro atoms. The SMILES string of the molecule is N#Cc1cccnc1NCCC1=CCCC1. The minimum Gasteiger partial charge on any atom is -0.369 e. The zero-order valence-corrected chi connectivity index (χ0v) is 9.24. The first-order valence-electron chi connectivity index (χ1n) is 5.67. The maximum Gasteiger partial charge on any atom is 0.143 e. The molecule has 2 rings (SSSR count). The normalized spacial score (nSPS) is 14.3. The molecule has 0 bridgehead atoms. The molecule has 0 fully saturated rings. The van der Waals surface area contributed by atoms with Gasteiger partial charge in [0.2, 0.25) is 0 Å².